The molecule has 2 heterocycles. The molecule has 2 aliphatic heterocycles. The van der Waals surface area contributed by atoms with Crippen LogP contribution in [0.25, 0.3) is 0 Å². The summed E-state index contributed by atoms with van der Waals surface area (Å²) in [6.45, 7) is 7.13. The second-order valence-electron chi connectivity index (χ2n) is 8.04. The maximum absolute atomic E-state index is 12.9. The van der Waals surface area contributed by atoms with E-state index in [0.29, 0.717) is 25.4 Å². The van der Waals surface area contributed by atoms with Crippen molar-refractivity contribution in [3.05, 3.63) is 24.3 Å². The minimum absolute atomic E-state index is 0.0323. The molecule has 8 heteroatoms. The van der Waals surface area contributed by atoms with Crippen LogP contribution in [-0.2, 0) is 14.3 Å². The van der Waals surface area contributed by atoms with Gasteiger partial charge in [0, 0.05) is 23.9 Å². The van der Waals surface area contributed by atoms with Crippen molar-refractivity contribution in [3.63, 3.8) is 0 Å². The van der Waals surface area contributed by atoms with Crippen LogP contribution in [-0.4, -0.2) is 72.3 Å². The van der Waals surface area contributed by atoms with Gasteiger partial charge in [-0.1, -0.05) is 12.1 Å². The molecule has 0 aromatic heterocycles. The van der Waals surface area contributed by atoms with E-state index in [0.717, 1.165) is 36.5 Å². The highest BCUT2D eigenvalue weighted by molar-refractivity contribution is 7.99. The molecule has 2 amide bonds. The average molecular weight is 431 g/mol. The van der Waals surface area contributed by atoms with Crippen LogP contribution in [0.3, 0.4) is 0 Å². The van der Waals surface area contributed by atoms with Crippen LogP contribution in [0, 0.1) is 17.2 Å². The zero-order chi connectivity index (χ0) is 21.5. The number of likely N-dealkylation sites (tertiary alicyclic amines) is 1. The van der Waals surface area contributed by atoms with Crippen LogP contribution < -0.4 is 5.32 Å². The Hall–Kier alpha value is -2.08. The Morgan fingerprint density at radius 3 is 2.53 bits per heavy atom. The molecule has 162 valence electrons. The smallest absolute Gasteiger partial charge is 0.238 e. The maximum atomic E-state index is 12.9. The fourth-order valence-corrected chi connectivity index (χ4v) is 4.82. The first-order chi connectivity index (χ1) is 14.5. The van der Waals surface area contributed by atoms with Crippen LogP contribution in [0.4, 0.5) is 5.69 Å². The Morgan fingerprint density at radius 1 is 1.20 bits per heavy atom. The summed E-state index contributed by atoms with van der Waals surface area (Å²) in [4.78, 5) is 30.4. The molecule has 3 rings (SSSR count). The molecular formula is C22H30N4O3S. The monoisotopic (exact) mass is 430 g/mol. The number of hydrogen-bond acceptors (Lipinski definition) is 6. The van der Waals surface area contributed by atoms with Crippen LogP contribution in [0.15, 0.2) is 29.2 Å². The first-order valence-electron chi connectivity index (χ1n) is 10.5. The lowest BCUT2D eigenvalue weighted by Crippen LogP contribution is -2.51. The molecule has 2 atom stereocenters. The van der Waals surface area contributed by atoms with Crippen molar-refractivity contribution in [2.24, 2.45) is 5.92 Å². The van der Waals surface area contributed by atoms with Gasteiger partial charge in [0.2, 0.25) is 11.8 Å². The van der Waals surface area contributed by atoms with Gasteiger partial charge in [0.1, 0.15) is 0 Å². The standard InChI is InChI=1S/C22H30N4O3S/c1-16-13-26(14-17(2)29-16)22(28)18-7-10-25(11-8-18)15-21(27)24-19-5-3-4-6-20(19)30-12-9-23/h3-6,16-18H,7-8,10-15H2,1-2H3,(H,24,27). The molecule has 0 bridgehead atoms. The van der Waals surface area contributed by atoms with Crippen molar-refractivity contribution in [2.75, 3.05) is 43.8 Å². The number of nitrogens with zero attached hydrogens (tertiary/aromatic N) is 3. The number of para-hydroxylation sites is 1. The summed E-state index contributed by atoms with van der Waals surface area (Å²) in [5.74, 6) is 0.532. The molecule has 0 radical (unpaired) electrons. The largest absolute Gasteiger partial charge is 0.372 e. The normalized spacial score (nSPS) is 23.0. The van der Waals surface area contributed by atoms with Gasteiger partial charge in [0.25, 0.3) is 0 Å². The molecule has 30 heavy (non-hydrogen) atoms. The number of benzene rings is 1. The minimum Gasteiger partial charge on any atom is -0.372 e. The summed E-state index contributed by atoms with van der Waals surface area (Å²) in [6.07, 6.45) is 1.72. The highest BCUT2D eigenvalue weighted by atomic mass is 32.2. The number of rotatable bonds is 6. The highest BCUT2D eigenvalue weighted by Gasteiger charge is 2.32. The van der Waals surface area contributed by atoms with E-state index in [1.165, 1.54) is 11.8 Å². The van der Waals surface area contributed by atoms with E-state index in [1.54, 1.807) is 0 Å². The Labute approximate surface area is 182 Å². The second kappa shape index (κ2) is 10.8. The summed E-state index contributed by atoms with van der Waals surface area (Å²) in [7, 11) is 0. The van der Waals surface area contributed by atoms with Gasteiger partial charge in [0.15, 0.2) is 0 Å². The van der Waals surface area contributed by atoms with Crippen molar-refractivity contribution >= 4 is 29.3 Å². The Morgan fingerprint density at radius 2 is 1.87 bits per heavy atom. The number of amides is 2. The predicted octanol–water partition coefficient (Wildman–Crippen LogP) is 2.59. The molecule has 2 saturated heterocycles. The van der Waals surface area contributed by atoms with Crippen LogP contribution >= 0.6 is 11.8 Å². The van der Waals surface area contributed by atoms with E-state index in [4.69, 9.17) is 10.00 Å². The van der Waals surface area contributed by atoms with E-state index in [9.17, 15) is 9.59 Å². The Bertz CT molecular complexity index is 779. The van der Waals surface area contributed by atoms with Gasteiger partial charge in [-0.25, -0.2) is 0 Å². The molecule has 2 aliphatic rings. The Balaban J connectivity index is 1.46. The molecule has 0 spiro atoms. The van der Waals surface area contributed by atoms with Crippen LogP contribution in [0.5, 0.6) is 0 Å². The number of ether oxygens (including phenoxy) is 1. The molecule has 7 nitrogen and oxygen atoms in total. The van der Waals surface area contributed by atoms with Gasteiger partial charge >= 0.3 is 0 Å². The molecule has 0 aliphatic carbocycles. The van der Waals surface area contributed by atoms with E-state index in [-0.39, 0.29) is 29.9 Å². The molecular weight excluding hydrogens is 400 g/mol. The Kier molecular flexibility index (Phi) is 8.14. The first kappa shape index (κ1) is 22.6. The highest BCUT2D eigenvalue weighted by Crippen LogP contribution is 2.27. The molecule has 2 unspecified atom stereocenters. The lowest BCUT2D eigenvalue weighted by atomic mass is 9.94. The van der Waals surface area contributed by atoms with Gasteiger partial charge in [-0.15, -0.1) is 11.8 Å². The van der Waals surface area contributed by atoms with Crippen LogP contribution in [0.2, 0.25) is 0 Å². The summed E-state index contributed by atoms with van der Waals surface area (Å²) in [5, 5.41) is 11.8. The van der Waals surface area contributed by atoms with Crippen LogP contribution in [0.1, 0.15) is 26.7 Å². The topological polar surface area (TPSA) is 85.7 Å². The average Bonchev–Trinajstić information content (AvgIpc) is 2.72. The molecule has 2 fully saturated rings. The number of hydrogen-bond donors (Lipinski definition) is 1. The number of anilines is 1. The lowest BCUT2D eigenvalue weighted by molar-refractivity contribution is -0.148. The van der Waals surface area contributed by atoms with Gasteiger partial charge in [-0.05, 0) is 51.9 Å². The predicted molar refractivity (Wildman–Crippen MR) is 117 cm³/mol. The first-order valence-corrected chi connectivity index (χ1v) is 11.5. The summed E-state index contributed by atoms with van der Waals surface area (Å²) in [5.41, 5.74) is 0.739. The number of carbonyl (C=O) groups excluding carboxylic acids is 2. The third kappa shape index (κ3) is 6.21. The van der Waals surface area contributed by atoms with Crippen molar-refractivity contribution in [2.45, 2.75) is 43.8 Å². The molecule has 1 aromatic rings. The van der Waals surface area contributed by atoms with Crippen molar-refractivity contribution < 1.29 is 14.3 Å². The van der Waals surface area contributed by atoms with Gasteiger partial charge < -0.3 is 15.0 Å². The van der Waals surface area contributed by atoms with Crippen molar-refractivity contribution in [1.29, 1.82) is 5.26 Å². The third-order valence-electron chi connectivity index (χ3n) is 5.49. The summed E-state index contributed by atoms with van der Waals surface area (Å²) >= 11 is 1.41. The zero-order valence-electron chi connectivity index (χ0n) is 17.7. The summed E-state index contributed by atoms with van der Waals surface area (Å²) < 4.78 is 5.73. The fraction of sp³-hybridized carbons (Fsp3) is 0.591. The number of thioether (sulfide) groups is 1. The zero-order valence-corrected chi connectivity index (χ0v) is 18.5. The van der Waals surface area contributed by atoms with E-state index < -0.39 is 0 Å². The van der Waals surface area contributed by atoms with Gasteiger partial charge in [0.05, 0.1) is 36.3 Å². The molecule has 1 aromatic carbocycles. The molecule has 1 N–H and O–H groups in total. The number of nitriles is 1. The third-order valence-corrected chi connectivity index (χ3v) is 6.43. The second-order valence-corrected chi connectivity index (χ2v) is 9.06. The SMILES string of the molecule is CC1CN(C(=O)C2CCN(CC(=O)Nc3ccccc3SCC#N)CC2)CC(C)O1. The lowest BCUT2D eigenvalue weighted by Gasteiger charge is -2.39. The quantitative estimate of drug-likeness (QED) is 0.698. The molecule has 0 saturated carbocycles. The van der Waals surface area contributed by atoms with Crippen molar-refractivity contribution in [3.8, 4) is 6.07 Å². The van der Waals surface area contributed by atoms with Gasteiger partial charge in [-0.3, -0.25) is 14.5 Å². The number of carbonyl (C=O) groups is 2. The van der Waals surface area contributed by atoms with Gasteiger partial charge in [-0.2, -0.15) is 5.26 Å². The number of nitrogens with one attached hydrogen (secondary N) is 1. The maximum Gasteiger partial charge on any atom is 0.238 e. The van der Waals surface area contributed by atoms with E-state index >= 15 is 0 Å². The summed E-state index contributed by atoms with van der Waals surface area (Å²) in [6, 6.07) is 9.63. The number of morpholine rings is 1. The number of piperidine rings is 1. The van der Waals surface area contributed by atoms with Crippen molar-refractivity contribution in [1.82, 2.24) is 9.80 Å². The fourth-order valence-electron chi connectivity index (χ4n) is 4.15. The van der Waals surface area contributed by atoms with E-state index in [1.807, 2.05) is 43.0 Å². The minimum atomic E-state index is -0.0689. The van der Waals surface area contributed by atoms with E-state index in [2.05, 4.69) is 16.3 Å².